The number of hydrogen-bond donors (Lipinski definition) is 3. The number of imidazole rings is 2. The highest BCUT2D eigenvalue weighted by Gasteiger charge is 2.23. The van der Waals surface area contributed by atoms with E-state index in [9.17, 15) is 14.4 Å². The maximum atomic E-state index is 13.6. The number of aromatic nitrogens is 8. The Morgan fingerprint density at radius 2 is 1.33 bits per heavy atom. The molecule has 15 nitrogen and oxygen atoms in total. The molecular weight excluding hydrogens is 660 g/mol. The fourth-order valence-electron chi connectivity index (χ4n) is 6.50. The Labute approximate surface area is 302 Å². The number of carbonyl (C=O) groups is 3. The Hall–Kier alpha value is -5.83. The summed E-state index contributed by atoms with van der Waals surface area (Å²) in [5.74, 6) is 0.143. The Morgan fingerprint density at radius 1 is 0.750 bits per heavy atom. The quantitative estimate of drug-likeness (QED) is 0.135. The van der Waals surface area contributed by atoms with Crippen molar-refractivity contribution in [1.82, 2.24) is 44.0 Å². The molecule has 52 heavy (non-hydrogen) atoms. The molecule has 15 heteroatoms. The Bertz CT molecular complexity index is 2270. The molecule has 0 aliphatic rings. The van der Waals surface area contributed by atoms with Crippen LogP contribution in [0.3, 0.4) is 0 Å². The molecule has 0 saturated carbocycles. The van der Waals surface area contributed by atoms with Gasteiger partial charge in [0.1, 0.15) is 16.9 Å². The zero-order chi connectivity index (χ0) is 37.1. The third-order valence-electron chi connectivity index (χ3n) is 9.06. The number of hydrogen-bond acceptors (Lipinski definition) is 8. The predicted molar refractivity (Wildman–Crippen MR) is 202 cm³/mol. The van der Waals surface area contributed by atoms with Gasteiger partial charge in [-0.2, -0.15) is 10.2 Å². The predicted octanol–water partition coefficient (Wildman–Crippen LogP) is 4.91. The number of benzene rings is 2. The largest absolute Gasteiger partial charge is 0.312 e. The molecule has 6 aromatic rings. The van der Waals surface area contributed by atoms with Crippen molar-refractivity contribution in [3.05, 3.63) is 76.9 Å². The molecule has 0 aliphatic heterocycles. The summed E-state index contributed by atoms with van der Waals surface area (Å²) in [5.41, 5.74) is 7.26. The van der Waals surface area contributed by atoms with Crippen molar-refractivity contribution < 1.29 is 14.4 Å². The number of unbranched alkanes of at least 4 members (excludes halogenated alkanes) is 1. The molecule has 6 rings (SSSR count). The van der Waals surface area contributed by atoms with Crippen LogP contribution in [0.1, 0.15) is 64.6 Å². The second-order valence-electron chi connectivity index (χ2n) is 12.9. The topological polar surface area (TPSA) is 162 Å². The average molecular weight is 707 g/mol. The molecule has 0 fully saturated rings. The van der Waals surface area contributed by atoms with Gasteiger partial charge in [0.2, 0.25) is 17.8 Å². The summed E-state index contributed by atoms with van der Waals surface area (Å²) in [6.07, 6.45) is 1.43. The van der Waals surface area contributed by atoms with Crippen LogP contribution in [0.4, 0.5) is 17.6 Å². The summed E-state index contributed by atoms with van der Waals surface area (Å²) in [4.78, 5) is 51.2. The number of amides is 3. The first-order valence-electron chi connectivity index (χ1n) is 17.6. The van der Waals surface area contributed by atoms with Crippen molar-refractivity contribution >= 4 is 57.4 Å². The number of anilines is 3. The van der Waals surface area contributed by atoms with E-state index in [1.807, 2.05) is 80.2 Å². The van der Waals surface area contributed by atoms with E-state index >= 15 is 0 Å². The third kappa shape index (κ3) is 7.17. The second kappa shape index (κ2) is 15.2. The smallest absolute Gasteiger partial charge is 0.276 e. The van der Waals surface area contributed by atoms with Crippen LogP contribution in [0.2, 0.25) is 0 Å². The molecule has 2 aromatic carbocycles. The first-order valence-corrected chi connectivity index (χ1v) is 17.6. The van der Waals surface area contributed by atoms with Gasteiger partial charge in [0, 0.05) is 33.2 Å². The highest BCUT2D eigenvalue weighted by atomic mass is 16.2. The van der Waals surface area contributed by atoms with Crippen LogP contribution in [0.25, 0.3) is 22.1 Å². The molecule has 3 amide bonds. The second-order valence-corrected chi connectivity index (χ2v) is 12.9. The van der Waals surface area contributed by atoms with Gasteiger partial charge in [0.05, 0.1) is 40.2 Å². The molecule has 0 unspecified atom stereocenters. The van der Waals surface area contributed by atoms with Gasteiger partial charge in [0.15, 0.2) is 0 Å². The number of aryl methyl sites for hydroxylation is 7. The van der Waals surface area contributed by atoms with Gasteiger partial charge < -0.3 is 19.4 Å². The van der Waals surface area contributed by atoms with Gasteiger partial charge in [-0.25, -0.2) is 9.97 Å². The molecule has 3 N–H and O–H groups in total. The van der Waals surface area contributed by atoms with Gasteiger partial charge in [-0.1, -0.05) is 12.1 Å². The summed E-state index contributed by atoms with van der Waals surface area (Å²) in [6, 6.07) is 15.3. The van der Waals surface area contributed by atoms with Crippen LogP contribution in [0.5, 0.6) is 0 Å². The molecule has 4 heterocycles. The Kier molecular flexibility index (Phi) is 10.5. The molecule has 4 aromatic heterocycles. The number of nitrogens with zero attached hydrogens (tertiary/aromatic N) is 9. The van der Waals surface area contributed by atoms with E-state index in [4.69, 9.17) is 9.97 Å². The fraction of sp³-hybridized carbons (Fsp3) is 0.378. The van der Waals surface area contributed by atoms with Gasteiger partial charge in [-0.05, 0) is 96.5 Å². The van der Waals surface area contributed by atoms with Crippen LogP contribution in [-0.4, -0.2) is 77.0 Å². The van der Waals surface area contributed by atoms with Gasteiger partial charge in [-0.15, -0.1) is 0 Å². The van der Waals surface area contributed by atoms with E-state index in [1.54, 1.807) is 40.5 Å². The zero-order valence-electron chi connectivity index (χ0n) is 30.8. The van der Waals surface area contributed by atoms with Crippen molar-refractivity contribution in [2.45, 2.75) is 73.6 Å². The highest BCUT2D eigenvalue weighted by Crippen LogP contribution is 2.30. The van der Waals surface area contributed by atoms with E-state index < -0.39 is 0 Å². The zero-order valence-corrected chi connectivity index (χ0v) is 30.8. The van der Waals surface area contributed by atoms with Crippen LogP contribution < -0.4 is 20.9 Å². The van der Waals surface area contributed by atoms with Crippen molar-refractivity contribution in [1.29, 1.82) is 0 Å². The monoisotopic (exact) mass is 706 g/mol. The summed E-state index contributed by atoms with van der Waals surface area (Å²) in [6.45, 7) is 12.0. The van der Waals surface area contributed by atoms with Crippen LogP contribution in [-0.2, 0) is 31.0 Å². The first-order chi connectivity index (χ1) is 25.0. The number of likely N-dealkylation sites (N-methyl/N-ethyl adjacent to an activating group) is 2. The number of para-hydroxylation sites is 1. The van der Waals surface area contributed by atoms with Gasteiger partial charge >= 0.3 is 0 Å². The molecular formula is C37H46N12O3. The maximum Gasteiger partial charge on any atom is 0.276 e. The lowest BCUT2D eigenvalue weighted by atomic mass is 10.2. The maximum absolute atomic E-state index is 13.6. The summed E-state index contributed by atoms with van der Waals surface area (Å²) < 4.78 is 7.37. The highest BCUT2D eigenvalue weighted by molar-refractivity contribution is 6.06. The number of carbonyl (C=O) groups excluding carboxylic acids is 3. The van der Waals surface area contributed by atoms with Crippen LogP contribution in [0.15, 0.2) is 48.5 Å². The SMILES string of the molecule is CCn1nc(C)cc1C(=O)Nc1nc2cc(C)ccc2n1CCCCn1c(NC(=O)c2cc(C)nn2CC)nc2c(N(C)C(=O)CNC)cccc21. The minimum atomic E-state index is -0.319. The minimum Gasteiger partial charge on any atom is -0.312 e. The summed E-state index contributed by atoms with van der Waals surface area (Å²) >= 11 is 0. The van der Waals surface area contributed by atoms with Crippen LogP contribution >= 0.6 is 0 Å². The standard InChI is InChI=1S/C37H46N12O3/c1-8-48-30(20-24(4)43-48)34(51)41-36-39-26-19-23(3)15-16-27(26)46(36)17-10-11-18-47-29-14-12-13-28(45(7)32(50)22-38-6)33(29)40-37(47)42-35(52)31-21-25(5)44-49(31)9-2/h12-16,19-21,38H,8-11,17-18,22H2,1-7H3,(H,39,41,51)(H,40,42,52). The lowest BCUT2D eigenvalue weighted by Crippen LogP contribution is -2.34. The van der Waals surface area contributed by atoms with Crippen molar-refractivity contribution in [2.75, 3.05) is 36.2 Å². The Morgan fingerprint density at radius 3 is 1.90 bits per heavy atom. The molecule has 0 bridgehead atoms. The molecule has 0 saturated heterocycles. The fourth-order valence-corrected chi connectivity index (χ4v) is 6.50. The minimum absolute atomic E-state index is 0.114. The summed E-state index contributed by atoms with van der Waals surface area (Å²) in [7, 11) is 3.45. The first kappa shape index (κ1) is 36.0. The lowest BCUT2D eigenvalue weighted by Gasteiger charge is -2.17. The number of rotatable bonds is 14. The number of nitrogens with one attached hydrogen (secondary N) is 3. The van der Waals surface area contributed by atoms with Crippen LogP contribution in [0, 0.1) is 20.8 Å². The van der Waals surface area contributed by atoms with Gasteiger partial charge in [0.25, 0.3) is 11.8 Å². The lowest BCUT2D eigenvalue weighted by molar-refractivity contribution is -0.117. The van der Waals surface area contributed by atoms with Crippen molar-refractivity contribution in [3.63, 3.8) is 0 Å². The number of fused-ring (bicyclic) bond motifs is 2. The van der Waals surface area contributed by atoms with Crippen molar-refractivity contribution in [2.24, 2.45) is 0 Å². The van der Waals surface area contributed by atoms with E-state index in [1.165, 1.54) is 0 Å². The van der Waals surface area contributed by atoms with E-state index in [0.717, 1.165) is 39.9 Å². The third-order valence-corrected chi connectivity index (χ3v) is 9.06. The Balaban J connectivity index is 1.28. The van der Waals surface area contributed by atoms with E-state index in [0.29, 0.717) is 67.1 Å². The van der Waals surface area contributed by atoms with E-state index in [-0.39, 0.29) is 24.3 Å². The van der Waals surface area contributed by atoms with E-state index in [2.05, 4.69) is 26.1 Å². The van der Waals surface area contributed by atoms with Gasteiger partial charge in [-0.3, -0.25) is 34.4 Å². The summed E-state index contributed by atoms with van der Waals surface area (Å²) in [5, 5.41) is 17.8. The molecule has 0 aliphatic carbocycles. The van der Waals surface area contributed by atoms with Crippen molar-refractivity contribution in [3.8, 4) is 0 Å². The molecule has 0 radical (unpaired) electrons. The molecule has 272 valence electrons. The average Bonchev–Trinajstić information content (AvgIpc) is 3.88. The normalized spacial score (nSPS) is 11.4. The molecule has 0 atom stereocenters. The molecule has 0 spiro atoms.